The van der Waals surface area contributed by atoms with Crippen LogP contribution < -0.4 is 15.5 Å². The molecule has 1 aliphatic carbocycles. The van der Waals surface area contributed by atoms with Gasteiger partial charge in [0.15, 0.2) is 0 Å². The van der Waals surface area contributed by atoms with Gasteiger partial charge in [0.25, 0.3) is 0 Å². The van der Waals surface area contributed by atoms with Crippen molar-refractivity contribution in [3.05, 3.63) is 12.4 Å². The van der Waals surface area contributed by atoms with E-state index in [1.54, 1.807) is 6.33 Å². The highest BCUT2D eigenvalue weighted by Crippen LogP contribution is 2.24. The molecule has 98 valence electrons. The first-order chi connectivity index (χ1) is 8.83. The average Bonchev–Trinajstić information content (AvgIpc) is 2.35. The molecular formula is C13H21N5. The zero-order valence-electron chi connectivity index (χ0n) is 10.9. The van der Waals surface area contributed by atoms with Gasteiger partial charge in [-0.2, -0.15) is 0 Å². The van der Waals surface area contributed by atoms with Gasteiger partial charge in [-0.05, 0) is 26.2 Å². The molecule has 1 saturated heterocycles. The molecule has 1 aromatic heterocycles. The maximum atomic E-state index is 4.41. The molecule has 0 spiro atoms. The molecule has 1 unspecified atom stereocenters. The van der Waals surface area contributed by atoms with Gasteiger partial charge in [-0.1, -0.05) is 0 Å². The predicted molar refractivity (Wildman–Crippen MR) is 73.0 cm³/mol. The molecule has 5 nitrogen and oxygen atoms in total. The molecule has 0 aromatic carbocycles. The second-order valence-corrected chi connectivity index (χ2v) is 5.28. The van der Waals surface area contributed by atoms with Crippen molar-refractivity contribution in [2.45, 2.75) is 38.3 Å². The standard InChI is InChI=1S/C13H21N5/c1-10-8-14-5-6-18(10)13-7-12(15-9-16-13)17-11-3-2-4-11/h7,9-11,14H,2-6,8H2,1H3,(H,15,16,17). The quantitative estimate of drug-likeness (QED) is 0.841. The summed E-state index contributed by atoms with van der Waals surface area (Å²) < 4.78 is 0. The van der Waals surface area contributed by atoms with Crippen LogP contribution in [0.3, 0.4) is 0 Å². The normalized spacial score (nSPS) is 24.7. The zero-order valence-corrected chi connectivity index (χ0v) is 10.9. The van der Waals surface area contributed by atoms with Crippen molar-refractivity contribution in [1.82, 2.24) is 15.3 Å². The van der Waals surface area contributed by atoms with Crippen molar-refractivity contribution in [1.29, 1.82) is 0 Å². The maximum absolute atomic E-state index is 4.41. The molecule has 1 aromatic rings. The van der Waals surface area contributed by atoms with Gasteiger partial charge in [-0.3, -0.25) is 0 Å². The highest BCUT2D eigenvalue weighted by atomic mass is 15.3. The zero-order chi connectivity index (χ0) is 12.4. The van der Waals surface area contributed by atoms with Gasteiger partial charge in [0, 0.05) is 37.8 Å². The Bertz CT molecular complexity index is 404. The van der Waals surface area contributed by atoms with Crippen LogP contribution >= 0.6 is 0 Å². The fraction of sp³-hybridized carbons (Fsp3) is 0.692. The van der Waals surface area contributed by atoms with E-state index in [1.807, 2.05) is 0 Å². The third kappa shape index (κ3) is 2.41. The monoisotopic (exact) mass is 247 g/mol. The lowest BCUT2D eigenvalue weighted by Gasteiger charge is -2.35. The Morgan fingerprint density at radius 3 is 3.00 bits per heavy atom. The van der Waals surface area contributed by atoms with Crippen LogP contribution in [0.25, 0.3) is 0 Å². The third-order valence-corrected chi connectivity index (χ3v) is 3.91. The Morgan fingerprint density at radius 1 is 1.39 bits per heavy atom. The van der Waals surface area contributed by atoms with E-state index >= 15 is 0 Å². The summed E-state index contributed by atoms with van der Waals surface area (Å²) in [7, 11) is 0. The summed E-state index contributed by atoms with van der Waals surface area (Å²) in [4.78, 5) is 11.1. The molecule has 18 heavy (non-hydrogen) atoms. The van der Waals surface area contributed by atoms with Crippen LogP contribution in [-0.4, -0.2) is 41.7 Å². The molecule has 2 fully saturated rings. The first-order valence-corrected chi connectivity index (χ1v) is 6.89. The SMILES string of the molecule is CC1CNCCN1c1cc(NC2CCC2)ncn1. The summed E-state index contributed by atoms with van der Waals surface area (Å²) in [5, 5.41) is 6.88. The fourth-order valence-corrected chi connectivity index (χ4v) is 2.53. The third-order valence-electron chi connectivity index (χ3n) is 3.91. The van der Waals surface area contributed by atoms with E-state index in [0.29, 0.717) is 12.1 Å². The lowest BCUT2D eigenvalue weighted by Crippen LogP contribution is -2.50. The van der Waals surface area contributed by atoms with Crippen LogP contribution in [0.1, 0.15) is 26.2 Å². The minimum Gasteiger partial charge on any atom is -0.367 e. The predicted octanol–water partition coefficient (Wildman–Crippen LogP) is 1.24. The van der Waals surface area contributed by atoms with E-state index in [0.717, 1.165) is 31.3 Å². The van der Waals surface area contributed by atoms with Crippen LogP contribution in [0.4, 0.5) is 11.6 Å². The minimum atomic E-state index is 0.491. The van der Waals surface area contributed by atoms with Crippen molar-refractivity contribution >= 4 is 11.6 Å². The number of anilines is 2. The van der Waals surface area contributed by atoms with Gasteiger partial charge in [-0.25, -0.2) is 9.97 Å². The lowest BCUT2D eigenvalue weighted by molar-refractivity contribution is 0.444. The summed E-state index contributed by atoms with van der Waals surface area (Å²) in [6.07, 6.45) is 5.54. The van der Waals surface area contributed by atoms with E-state index in [-0.39, 0.29) is 0 Å². The highest BCUT2D eigenvalue weighted by Gasteiger charge is 2.21. The van der Waals surface area contributed by atoms with Crippen LogP contribution in [0, 0.1) is 0 Å². The van der Waals surface area contributed by atoms with E-state index in [9.17, 15) is 0 Å². The van der Waals surface area contributed by atoms with Gasteiger partial charge < -0.3 is 15.5 Å². The molecule has 0 radical (unpaired) electrons. The molecule has 5 heteroatoms. The molecule has 1 aliphatic heterocycles. The number of nitrogens with zero attached hydrogens (tertiary/aromatic N) is 3. The summed E-state index contributed by atoms with van der Waals surface area (Å²) in [5.41, 5.74) is 0. The molecular weight excluding hydrogens is 226 g/mol. The van der Waals surface area contributed by atoms with Gasteiger partial charge in [-0.15, -0.1) is 0 Å². The summed E-state index contributed by atoms with van der Waals surface area (Å²) in [6, 6.07) is 3.19. The van der Waals surface area contributed by atoms with E-state index in [2.05, 4.69) is 38.5 Å². The smallest absolute Gasteiger partial charge is 0.134 e. The second kappa shape index (κ2) is 5.10. The van der Waals surface area contributed by atoms with Gasteiger partial charge in [0.2, 0.25) is 0 Å². The molecule has 2 aliphatic rings. The van der Waals surface area contributed by atoms with Gasteiger partial charge in [0.05, 0.1) is 0 Å². The summed E-state index contributed by atoms with van der Waals surface area (Å²) in [6.45, 7) is 5.30. The van der Waals surface area contributed by atoms with Crippen LogP contribution in [0.15, 0.2) is 12.4 Å². The number of hydrogen-bond donors (Lipinski definition) is 2. The fourth-order valence-electron chi connectivity index (χ4n) is 2.53. The first kappa shape index (κ1) is 11.7. The van der Waals surface area contributed by atoms with E-state index in [4.69, 9.17) is 0 Å². The second-order valence-electron chi connectivity index (χ2n) is 5.28. The Hall–Kier alpha value is -1.36. The van der Waals surface area contributed by atoms with Gasteiger partial charge in [0.1, 0.15) is 18.0 Å². The number of rotatable bonds is 3. The molecule has 3 rings (SSSR count). The number of piperazine rings is 1. The van der Waals surface area contributed by atoms with Gasteiger partial charge >= 0.3 is 0 Å². The number of nitrogens with one attached hydrogen (secondary N) is 2. The van der Waals surface area contributed by atoms with Crippen molar-refractivity contribution in [2.24, 2.45) is 0 Å². The first-order valence-electron chi connectivity index (χ1n) is 6.89. The Balaban J connectivity index is 1.72. The minimum absolute atomic E-state index is 0.491. The molecule has 0 bridgehead atoms. The van der Waals surface area contributed by atoms with Crippen molar-refractivity contribution in [3.63, 3.8) is 0 Å². The van der Waals surface area contributed by atoms with Crippen molar-refractivity contribution in [3.8, 4) is 0 Å². The molecule has 1 atom stereocenters. The molecule has 2 heterocycles. The van der Waals surface area contributed by atoms with Crippen LogP contribution in [0.2, 0.25) is 0 Å². The number of aromatic nitrogens is 2. The van der Waals surface area contributed by atoms with Crippen LogP contribution in [-0.2, 0) is 0 Å². The Morgan fingerprint density at radius 2 is 2.28 bits per heavy atom. The van der Waals surface area contributed by atoms with E-state index < -0.39 is 0 Å². The number of hydrogen-bond acceptors (Lipinski definition) is 5. The Kier molecular flexibility index (Phi) is 3.32. The molecule has 0 amide bonds. The van der Waals surface area contributed by atoms with Crippen molar-refractivity contribution < 1.29 is 0 Å². The van der Waals surface area contributed by atoms with Crippen LogP contribution in [0.5, 0.6) is 0 Å². The largest absolute Gasteiger partial charge is 0.367 e. The van der Waals surface area contributed by atoms with Crippen molar-refractivity contribution in [2.75, 3.05) is 29.9 Å². The molecule has 1 saturated carbocycles. The lowest BCUT2D eigenvalue weighted by atomic mass is 9.93. The summed E-state index contributed by atoms with van der Waals surface area (Å²) in [5.74, 6) is 2.01. The maximum Gasteiger partial charge on any atom is 0.134 e. The highest BCUT2D eigenvalue weighted by molar-refractivity contribution is 5.50. The molecule has 2 N–H and O–H groups in total. The average molecular weight is 247 g/mol. The summed E-state index contributed by atoms with van der Waals surface area (Å²) >= 11 is 0. The van der Waals surface area contributed by atoms with E-state index in [1.165, 1.54) is 19.3 Å². The topological polar surface area (TPSA) is 53.1 Å². The Labute approximate surface area is 108 Å².